The summed E-state index contributed by atoms with van der Waals surface area (Å²) in [7, 11) is 0. The predicted octanol–water partition coefficient (Wildman–Crippen LogP) is 4.44. The fourth-order valence-corrected chi connectivity index (χ4v) is 3.87. The Morgan fingerprint density at radius 3 is 1.64 bits per heavy atom. The maximum Gasteiger partial charge on any atom is 0.234 e. The van der Waals surface area contributed by atoms with Crippen LogP contribution < -0.4 is 0 Å². The maximum atomic E-state index is 13.2. The van der Waals surface area contributed by atoms with E-state index in [1.54, 1.807) is 12.1 Å². The van der Waals surface area contributed by atoms with Gasteiger partial charge in [0.2, 0.25) is 11.6 Å². The monoisotopic (exact) mass is 486 g/mol. The number of aryl methyl sites for hydroxylation is 2. The number of phenolic OH excluding ortho intramolecular Hbond substituents is 6. The van der Waals surface area contributed by atoms with Crippen molar-refractivity contribution < 1.29 is 40.2 Å². The summed E-state index contributed by atoms with van der Waals surface area (Å²) in [5, 5.41) is 59.6. The molecule has 6 N–H and O–H groups in total. The van der Waals surface area contributed by atoms with Gasteiger partial charge in [-0.05, 0) is 95.8 Å². The molecule has 0 aromatic heterocycles. The lowest BCUT2D eigenvalue weighted by Gasteiger charge is -2.16. The third-order valence-electron chi connectivity index (χ3n) is 5.80. The Labute approximate surface area is 205 Å². The average Bonchev–Trinajstić information content (AvgIpc) is 2.86. The molecule has 0 amide bonds. The molecule has 8 heteroatoms. The van der Waals surface area contributed by atoms with Crippen molar-refractivity contribution in [2.24, 2.45) is 0 Å². The van der Waals surface area contributed by atoms with Crippen LogP contribution in [0.25, 0.3) is 11.1 Å². The summed E-state index contributed by atoms with van der Waals surface area (Å²) >= 11 is 0. The second-order valence-electron chi connectivity index (χ2n) is 8.26. The fraction of sp³-hybridized carbons (Fsp3) is 0.0714. The summed E-state index contributed by atoms with van der Waals surface area (Å²) in [5.74, 6) is -3.89. The molecule has 4 aromatic carbocycles. The zero-order valence-corrected chi connectivity index (χ0v) is 18.8. The summed E-state index contributed by atoms with van der Waals surface area (Å²) in [6, 6.07) is 16.2. The van der Waals surface area contributed by atoms with Crippen molar-refractivity contribution in [1.29, 1.82) is 0 Å². The Bertz CT molecular complexity index is 1450. The SMILES string of the molecule is O=C(C(=O)c1cc(O)c(O)cc1-c1cc(O)c(O)cc1CCc1ccc(O)cc1)c1ccc(O)cc1. The van der Waals surface area contributed by atoms with E-state index in [1.807, 2.05) is 0 Å². The number of phenols is 6. The van der Waals surface area contributed by atoms with Crippen molar-refractivity contribution in [1.82, 2.24) is 0 Å². The van der Waals surface area contributed by atoms with Crippen LogP contribution in [0.4, 0.5) is 0 Å². The zero-order valence-electron chi connectivity index (χ0n) is 18.8. The van der Waals surface area contributed by atoms with Gasteiger partial charge in [-0.15, -0.1) is 0 Å². The molecular weight excluding hydrogens is 464 g/mol. The van der Waals surface area contributed by atoms with E-state index in [4.69, 9.17) is 0 Å². The number of aromatic hydroxyl groups is 6. The third kappa shape index (κ3) is 4.92. The van der Waals surface area contributed by atoms with Gasteiger partial charge in [-0.2, -0.15) is 0 Å². The van der Waals surface area contributed by atoms with E-state index in [2.05, 4.69) is 0 Å². The fourth-order valence-electron chi connectivity index (χ4n) is 3.87. The first-order chi connectivity index (χ1) is 17.1. The van der Waals surface area contributed by atoms with E-state index in [0.717, 1.165) is 17.7 Å². The van der Waals surface area contributed by atoms with Crippen LogP contribution in [0.1, 0.15) is 31.8 Å². The van der Waals surface area contributed by atoms with Gasteiger partial charge in [0.25, 0.3) is 0 Å². The van der Waals surface area contributed by atoms with Crippen molar-refractivity contribution in [3.8, 4) is 45.6 Å². The molecule has 0 spiro atoms. The third-order valence-corrected chi connectivity index (χ3v) is 5.80. The Morgan fingerprint density at radius 2 is 1.03 bits per heavy atom. The molecule has 0 aliphatic rings. The van der Waals surface area contributed by atoms with Gasteiger partial charge in [0.1, 0.15) is 11.5 Å². The number of carbonyl (C=O) groups is 2. The molecule has 0 aliphatic carbocycles. The molecule has 0 aliphatic heterocycles. The Hall–Kier alpha value is -4.98. The van der Waals surface area contributed by atoms with E-state index in [1.165, 1.54) is 48.5 Å². The highest BCUT2D eigenvalue weighted by Gasteiger charge is 2.25. The second-order valence-corrected chi connectivity index (χ2v) is 8.26. The molecule has 8 nitrogen and oxygen atoms in total. The van der Waals surface area contributed by atoms with Crippen LogP contribution in [0.2, 0.25) is 0 Å². The first-order valence-electron chi connectivity index (χ1n) is 10.9. The largest absolute Gasteiger partial charge is 0.508 e. The maximum absolute atomic E-state index is 13.2. The van der Waals surface area contributed by atoms with E-state index >= 15 is 0 Å². The second kappa shape index (κ2) is 9.71. The topological polar surface area (TPSA) is 156 Å². The van der Waals surface area contributed by atoms with Crippen LogP contribution in [0.15, 0.2) is 72.8 Å². The number of hydrogen-bond donors (Lipinski definition) is 6. The average molecular weight is 486 g/mol. The van der Waals surface area contributed by atoms with Gasteiger partial charge in [0.05, 0.1) is 0 Å². The molecule has 0 atom stereocenters. The standard InChI is InChI=1S/C28H22O8/c29-18-7-2-15(3-8-18)1-4-17-11-23(31)24(32)12-20(17)21-13-25(33)26(34)14-22(21)28(36)27(35)16-5-9-19(30)10-6-16/h2-3,5-14,29-34H,1,4H2. The number of rotatable bonds is 7. The number of Topliss-reactive ketones (excluding diaryl/α,β-unsaturated/α-hetero) is 2. The highest BCUT2D eigenvalue weighted by molar-refractivity contribution is 6.50. The molecular formula is C28H22O8. The van der Waals surface area contributed by atoms with Crippen LogP contribution in [-0.4, -0.2) is 42.2 Å². The number of carbonyl (C=O) groups excluding carboxylic acids is 2. The molecule has 4 rings (SSSR count). The molecule has 36 heavy (non-hydrogen) atoms. The van der Waals surface area contributed by atoms with Crippen LogP contribution in [0.5, 0.6) is 34.5 Å². The first kappa shape index (κ1) is 24.2. The summed E-state index contributed by atoms with van der Waals surface area (Å²) in [6.07, 6.45) is 0.798. The summed E-state index contributed by atoms with van der Waals surface area (Å²) < 4.78 is 0. The van der Waals surface area contributed by atoms with Gasteiger partial charge < -0.3 is 30.6 Å². The molecule has 0 saturated heterocycles. The summed E-state index contributed by atoms with van der Waals surface area (Å²) in [6.45, 7) is 0. The van der Waals surface area contributed by atoms with Crippen LogP contribution in [0, 0.1) is 0 Å². The van der Waals surface area contributed by atoms with Gasteiger partial charge in [-0.25, -0.2) is 0 Å². The van der Waals surface area contributed by atoms with E-state index in [9.17, 15) is 40.2 Å². The minimum Gasteiger partial charge on any atom is -0.508 e. The minimum atomic E-state index is -0.983. The van der Waals surface area contributed by atoms with Crippen molar-refractivity contribution in [2.45, 2.75) is 12.8 Å². The van der Waals surface area contributed by atoms with E-state index < -0.39 is 34.6 Å². The van der Waals surface area contributed by atoms with Gasteiger partial charge in [0, 0.05) is 11.1 Å². The van der Waals surface area contributed by atoms with Gasteiger partial charge in [-0.3, -0.25) is 9.59 Å². The Balaban J connectivity index is 1.80. The predicted molar refractivity (Wildman–Crippen MR) is 131 cm³/mol. The lowest BCUT2D eigenvalue weighted by Crippen LogP contribution is -2.15. The number of hydrogen-bond acceptors (Lipinski definition) is 8. The lowest BCUT2D eigenvalue weighted by molar-refractivity contribution is 0.0817. The molecule has 0 saturated carbocycles. The van der Waals surface area contributed by atoms with Crippen molar-refractivity contribution in [3.63, 3.8) is 0 Å². The lowest BCUT2D eigenvalue weighted by atomic mass is 9.88. The normalized spacial score (nSPS) is 10.8. The Kier molecular flexibility index (Phi) is 6.52. The van der Waals surface area contributed by atoms with E-state index in [0.29, 0.717) is 18.4 Å². The molecule has 0 unspecified atom stereocenters. The zero-order chi connectivity index (χ0) is 26.0. The van der Waals surface area contributed by atoms with Crippen LogP contribution in [-0.2, 0) is 12.8 Å². The van der Waals surface area contributed by atoms with Gasteiger partial charge >= 0.3 is 0 Å². The molecule has 0 radical (unpaired) electrons. The quantitative estimate of drug-likeness (QED) is 0.127. The highest BCUT2D eigenvalue weighted by atomic mass is 16.3. The first-order valence-corrected chi connectivity index (χ1v) is 10.9. The molecule has 0 bridgehead atoms. The van der Waals surface area contributed by atoms with Gasteiger partial charge in [0.15, 0.2) is 23.0 Å². The van der Waals surface area contributed by atoms with Crippen molar-refractivity contribution >= 4 is 11.6 Å². The molecule has 0 fully saturated rings. The van der Waals surface area contributed by atoms with Crippen molar-refractivity contribution in [3.05, 3.63) is 95.1 Å². The van der Waals surface area contributed by atoms with E-state index in [-0.39, 0.29) is 33.8 Å². The number of ketones is 2. The molecule has 4 aromatic rings. The van der Waals surface area contributed by atoms with Crippen LogP contribution in [0.3, 0.4) is 0 Å². The minimum absolute atomic E-state index is 0.0115. The Morgan fingerprint density at radius 1 is 0.528 bits per heavy atom. The van der Waals surface area contributed by atoms with Gasteiger partial charge in [-0.1, -0.05) is 12.1 Å². The molecule has 182 valence electrons. The van der Waals surface area contributed by atoms with Crippen LogP contribution >= 0.6 is 0 Å². The summed E-state index contributed by atoms with van der Waals surface area (Å²) in [4.78, 5) is 26.1. The number of benzene rings is 4. The highest BCUT2D eigenvalue weighted by Crippen LogP contribution is 2.40. The molecule has 0 heterocycles. The van der Waals surface area contributed by atoms with Crippen molar-refractivity contribution in [2.75, 3.05) is 0 Å². The summed E-state index contributed by atoms with van der Waals surface area (Å²) in [5.41, 5.74) is 1.49. The smallest absolute Gasteiger partial charge is 0.234 e.